The summed E-state index contributed by atoms with van der Waals surface area (Å²) in [6.45, 7) is 2.08. The van der Waals surface area contributed by atoms with Crippen molar-refractivity contribution in [1.82, 2.24) is 0 Å². The summed E-state index contributed by atoms with van der Waals surface area (Å²) < 4.78 is 4.77. The van der Waals surface area contributed by atoms with Gasteiger partial charge in [0.05, 0.1) is 12.7 Å². The number of ether oxygens (including phenoxy) is 1. The number of carbonyl (C=O) groups excluding carboxylic acids is 1. The van der Waals surface area contributed by atoms with E-state index in [0.29, 0.717) is 5.56 Å². The SMILES string of the molecule is COC(=O)c1cccc(-c2ccc(-c3ccc(C)cc3)cc2)c1. The van der Waals surface area contributed by atoms with Crippen LogP contribution in [0, 0.1) is 6.92 Å². The minimum Gasteiger partial charge on any atom is -0.465 e. The van der Waals surface area contributed by atoms with E-state index in [-0.39, 0.29) is 5.97 Å². The highest BCUT2D eigenvalue weighted by atomic mass is 16.5. The standard InChI is InChI=1S/C21H18O2/c1-15-6-8-16(9-7-15)17-10-12-18(13-11-17)19-4-3-5-20(14-19)21(22)23-2/h3-14H,1-2H3. The topological polar surface area (TPSA) is 26.3 Å². The molecular formula is C21H18O2. The van der Waals surface area contributed by atoms with Gasteiger partial charge in [0.15, 0.2) is 0 Å². The monoisotopic (exact) mass is 302 g/mol. The largest absolute Gasteiger partial charge is 0.465 e. The summed E-state index contributed by atoms with van der Waals surface area (Å²) in [5, 5.41) is 0. The number of hydrogen-bond donors (Lipinski definition) is 0. The summed E-state index contributed by atoms with van der Waals surface area (Å²) in [6.07, 6.45) is 0. The van der Waals surface area contributed by atoms with E-state index in [1.54, 1.807) is 6.07 Å². The van der Waals surface area contributed by atoms with Gasteiger partial charge in [-0.15, -0.1) is 0 Å². The molecule has 0 spiro atoms. The van der Waals surface area contributed by atoms with Gasteiger partial charge >= 0.3 is 5.97 Å². The molecule has 3 aromatic carbocycles. The Kier molecular flexibility index (Phi) is 4.24. The van der Waals surface area contributed by atoms with E-state index in [1.807, 2.05) is 18.2 Å². The molecule has 23 heavy (non-hydrogen) atoms. The van der Waals surface area contributed by atoms with Crippen molar-refractivity contribution < 1.29 is 9.53 Å². The Bertz CT molecular complexity index is 815. The predicted octanol–water partition coefficient (Wildman–Crippen LogP) is 5.12. The van der Waals surface area contributed by atoms with E-state index in [4.69, 9.17) is 4.74 Å². The van der Waals surface area contributed by atoms with Crippen molar-refractivity contribution in [3.8, 4) is 22.3 Å². The molecule has 0 saturated heterocycles. The molecule has 2 heteroatoms. The highest BCUT2D eigenvalue weighted by molar-refractivity contribution is 5.91. The van der Waals surface area contributed by atoms with Crippen LogP contribution in [0.4, 0.5) is 0 Å². The van der Waals surface area contributed by atoms with E-state index in [1.165, 1.54) is 23.8 Å². The lowest BCUT2D eigenvalue weighted by Gasteiger charge is -2.07. The van der Waals surface area contributed by atoms with Crippen LogP contribution < -0.4 is 0 Å². The fraction of sp³-hybridized carbons (Fsp3) is 0.0952. The molecular weight excluding hydrogens is 284 g/mol. The second-order valence-electron chi connectivity index (χ2n) is 5.52. The van der Waals surface area contributed by atoms with Crippen molar-refractivity contribution in [2.75, 3.05) is 7.11 Å². The van der Waals surface area contributed by atoms with E-state index in [2.05, 4.69) is 55.5 Å². The molecule has 0 N–H and O–H groups in total. The minimum absolute atomic E-state index is 0.317. The van der Waals surface area contributed by atoms with Crippen molar-refractivity contribution in [3.63, 3.8) is 0 Å². The lowest BCUT2D eigenvalue weighted by Crippen LogP contribution is -2.00. The molecule has 0 unspecified atom stereocenters. The van der Waals surface area contributed by atoms with E-state index in [0.717, 1.165) is 11.1 Å². The second-order valence-corrected chi connectivity index (χ2v) is 5.52. The Labute approximate surface area is 136 Å². The zero-order valence-electron chi connectivity index (χ0n) is 13.2. The van der Waals surface area contributed by atoms with Crippen molar-refractivity contribution in [3.05, 3.63) is 83.9 Å². The molecule has 0 atom stereocenters. The first kappa shape index (κ1) is 15.0. The number of carbonyl (C=O) groups is 1. The molecule has 0 amide bonds. The summed E-state index contributed by atoms with van der Waals surface area (Å²) in [6, 6.07) is 24.3. The Hall–Kier alpha value is -2.87. The molecule has 0 aliphatic heterocycles. The molecule has 0 heterocycles. The fourth-order valence-corrected chi connectivity index (χ4v) is 2.54. The summed E-state index contributed by atoms with van der Waals surface area (Å²) >= 11 is 0. The third-order valence-electron chi connectivity index (χ3n) is 3.89. The van der Waals surface area contributed by atoms with Crippen LogP contribution in [0.25, 0.3) is 22.3 Å². The predicted molar refractivity (Wildman–Crippen MR) is 93.4 cm³/mol. The lowest BCUT2D eigenvalue weighted by molar-refractivity contribution is 0.0601. The van der Waals surface area contributed by atoms with Crippen LogP contribution in [-0.2, 0) is 4.74 Å². The summed E-state index contributed by atoms with van der Waals surface area (Å²) in [5.74, 6) is -0.317. The Morgan fingerprint density at radius 3 is 1.83 bits per heavy atom. The number of hydrogen-bond acceptors (Lipinski definition) is 2. The van der Waals surface area contributed by atoms with Crippen LogP contribution in [0.5, 0.6) is 0 Å². The van der Waals surface area contributed by atoms with Gasteiger partial charge in [-0.25, -0.2) is 4.79 Å². The zero-order valence-corrected chi connectivity index (χ0v) is 13.2. The van der Waals surface area contributed by atoms with E-state index >= 15 is 0 Å². The molecule has 0 fully saturated rings. The van der Waals surface area contributed by atoms with Gasteiger partial charge in [0.2, 0.25) is 0 Å². The van der Waals surface area contributed by atoms with Gasteiger partial charge in [-0.1, -0.05) is 66.2 Å². The van der Waals surface area contributed by atoms with Crippen LogP contribution in [0.3, 0.4) is 0 Å². The highest BCUT2D eigenvalue weighted by Gasteiger charge is 2.07. The smallest absolute Gasteiger partial charge is 0.337 e. The lowest BCUT2D eigenvalue weighted by atomic mass is 9.99. The van der Waals surface area contributed by atoms with Crippen molar-refractivity contribution in [2.45, 2.75) is 6.92 Å². The third kappa shape index (κ3) is 3.32. The van der Waals surface area contributed by atoms with Gasteiger partial charge in [-0.05, 0) is 41.3 Å². The molecule has 0 aliphatic rings. The van der Waals surface area contributed by atoms with Crippen LogP contribution >= 0.6 is 0 Å². The van der Waals surface area contributed by atoms with Crippen molar-refractivity contribution >= 4 is 5.97 Å². The normalized spacial score (nSPS) is 10.3. The maximum atomic E-state index is 11.6. The first-order chi connectivity index (χ1) is 11.2. The quantitative estimate of drug-likeness (QED) is 0.628. The molecule has 114 valence electrons. The zero-order chi connectivity index (χ0) is 16.2. The Morgan fingerprint density at radius 2 is 1.26 bits per heavy atom. The van der Waals surface area contributed by atoms with Gasteiger partial charge in [0.1, 0.15) is 0 Å². The molecule has 2 nitrogen and oxygen atoms in total. The fourth-order valence-electron chi connectivity index (χ4n) is 2.54. The highest BCUT2D eigenvalue weighted by Crippen LogP contribution is 2.25. The van der Waals surface area contributed by atoms with Crippen LogP contribution in [0.2, 0.25) is 0 Å². The van der Waals surface area contributed by atoms with Gasteiger partial charge in [0.25, 0.3) is 0 Å². The molecule has 0 radical (unpaired) electrons. The maximum Gasteiger partial charge on any atom is 0.337 e. The molecule has 3 aromatic rings. The van der Waals surface area contributed by atoms with Crippen molar-refractivity contribution in [1.29, 1.82) is 0 Å². The first-order valence-corrected chi connectivity index (χ1v) is 7.53. The van der Waals surface area contributed by atoms with Gasteiger partial charge < -0.3 is 4.74 Å². The minimum atomic E-state index is -0.317. The number of esters is 1. The Balaban J connectivity index is 1.90. The maximum absolute atomic E-state index is 11.6. The average molecular weight is 302 g/mol. The summed E-state index contributed by atoms with van der Waals surface area (Å²) in [7, 11) is 1.39. The van der Waals surface area contributed by atoms with Crippen LogP contribution in [0.15, 0.2) is 72.8 Å². The number of methoxy groups -OCH3 is 1. The third-order valence-corrected chi connectivity index (χ3v) is 3.89. The molecule has 0 bridgehead atoms. The summed E-state index contributed by atoms with van der Waals surface area (Å²) in [5.41, 5.74) is 6.27. The number of benzene rings is 3. The van der Waals surface area contributed by atoms with E-state index in [9.17, 15) is 4.79 Å². The molecule has 3 rings (SSSR count). The average Bonchev–Trinajstić information content (AvgIpc) is 2.62. The van der Waals surface area contributed by atoms with Gasteiger partial charge in [-0.3, -0.25) is 0 Å². The van der Waals surface area contributed by atoms with Crippen molar-refractivity contribution in [2.24, 2.45) is 0 Å². The van der Waals surface area contributed by atoms with Gasteiger partial charge in [0, 0.05) is 0 Å². The van der Waals surface area contributed by atoms with Crippen LogP contribution in [0.1, 0.15) is 15.9 Å². The van der Waals surface area contributed by atoms with E-state index < -0.39 is 0 Å². The Morgan fingerprint density at radius 1 is 0.739 bits per heavy atom. The van der Waals surface area contributed by atoms with Gasteiger partial charge in [-0.2, -0.15) is 0 Å². The van der Waals surface area contributed by atoms with Crippen LogP contribution in [-0.4, -0.2) is 13.1 Å². The number of rotatable bonds is 3. The number of aryl methyl sites for hydroxylation is 1. The molecule has 0 aromatic heterocycles. The summed E-state index contributed by atoms with van der Waals surface area (Å²) in [4.78, 5) is 11.6. The first-order valence-electron chi connectivity index (χ1n) is 7.53. The second kappa shape index (κ2) is 6.49. The molecule has 0 saturated carbocycles. The molecule has 0 aliphatic carbocycles.